The van der Waals surface area contributed by atoms with Crippen molar-refractivity contribution >= 4 is 33.8 Å². The minimum absolute atomic E-state index is 0.791. The van der Waals surface area contributed by atoms with Gasteiger partial charge in [-0.1, -0.05) is 30.0 Å². The monoisotopic (exact) mass is 328 g/mol. The molecule has 1 aliphatic heterocycles. The average Bonchev–Trinajstić information content (AvgIpc) is 2.89. The van der Waals surface area contributed by atoms with E-state index in [1.807, 2.05) is 19.2 Å². The number of aryl methyl sites for hydroxylation is 1. The van der Waals surface area contributed by atoms with Crippen LogP contribution in [0.15, 0.2) is 29.4 Å². The van der Waals surface area contributed by atoms with Crippen LogP contribution in [0.5, 0.6) is 0 Å². The zero-order chi connectivity index (χ0) is 15.6. The van der Waals surface area contributed by atoms with E-state index in [1.54, 1.807) is 16.7 Å². The van der Waals surface area contributed by atoms with Crippen molar-refractivity contribution in [1.82, 2.24) is 19.7 Å². The maximum Gasteiger partial charge on any atom is 0.211 e. The Hall–Kier alpha value is -1.66. The van der Waals surface area contributed by atoms with Crippen LogP contribution in [0.1, 0.15) is 19.3 Å². The number of aromatic nitrogens is 4. The number of quaternary nitrogens is 1. The number of para-hydroxylation sites is 1. The van der Waals surface area contributed by atoms with Gasteiger partial charge in [0.05, 0.1) is 30.9 Å². The summed E-state index contributed by atoms with van der Waals surface area (Å²) < 4.78 is 2.11. The predicted octanol–water partition coefficient (Wildman–Crippen LogP) is 1.68. The van der Waals surface area contributed by atoms with Crippen LogP contribution in [-0.4, -0.2) is 45.1 Å². The van der Waals surface area contributed by atoms with Crippen molar-refractivity contribution in [2.45, 2.75) is 24.4 Å². The molecule has 1 saturated heterocycles. The summed E-state index contributed by atoms with van der Waals surface area (Å²) in [7, 11) is 2.05. The van der Waals surface area contributed by atoms with E-state index in [4.69, 9.17) is 4.98 Å². The molecule has 3 aromatic rings. The fourth-order valence-corrected chi connectivity index (χ4v) is 4.26. The highest BCUT2D eigenvalue weighted by atomic mass is 32.2. The zero-order valence-electron chi connectivity index (χ0n) is 13.5. The van der Waals surface area contributed by atoms with Crippen LogP contribution in [0.3, 0.4) is 0 Å². The van der Waals surface area contributed by atoms with Gasteiger partial charge in [-0.15, -0.1) is 10.2 Å². The molecule has 1 aliphatic rings. The van der Waals surface area contributed by atoms with Crippen molar-refractivity contribution < 1.29 is 4.90 Å². The second-order valence-corrected chi connectivity index (χ2v) is 7.31. The summed E-state index contributed by atoms with van der Waals surface area (Å²) in [6.45, 7) is 3.84. The van der Waals surface area contributed by atoms with Crippen molar-refractivity contribution in [3.05, 3.63) is 24.3 Å². The van der Waals surface area contributed by atoms with Crippen molar-refractivity contribution in [3.8, 4) is 0 Å². The van der Waals surface area contributed by atoms with E-state index in [2.05, 4.69) is 26.9 Å². The minimum Gasteiger partial charge on any atom is -0.334 e. The molecule has 0 bridgehead atoms. The standard InChI is InChI=1S/C17H21N5S/c1-21-14-8-4-3-7-13(14)15-16(21)18-17(20-19-15)23-12-11-22-9-5-2-6-10-22/h3-4,7-8H,2,5-6,9-12H2,1H3/p+1. The first kappa shape index (κ1) is 14.9. The lowest BCUT2D eigenvalue weighted by atomic mass is 10.1. The summed E-state index contributed by atoms with van der Waals surface area (Å²) >= 11 is 1.73. The summed E-state index contributed by atoms with van der Waals surface area (Å²) in [6.07, 6.45) is 4.15. The fraction of sp³-hybridized carbons (Fsp3) is 0.471. The highest BCUT2D eigenvalue weighted by Gasteiger charge is 2.15. The van der Waals surface area contributed by atoms with Gasteiger partial charge in [0.15, 0.2) is 5.65 Å². The number of benzene rings is 1. The number of piperidine rings is 1. The first-order valence-electron chi connectivity index (χ1n) is 8.37. The number of nitrogens with one attached hydrogen (secondary N) is 1. The Bertz CT molecular complexity index is 822. The number of fused-ring (bicyclic) bond motifs is 3. The van der Waals surface area contributed by atoms with Crippen LogP contribution in [0.25, 0.3) is 22.1 Å². The number of hydrogen-bond donors (Lipinski definition) is 1. The Morgan fingerprint density at radius 3 is 2.83 bits per heavy atom. The molecule has 0 radical (unpaired) electrons. The van der Waals surface area contributed by atoms with Crippen LogP contribution in [0.4, 0.5) is 0 Å². The van der Waals surface area contributed by atoms with Crippen molar-refractivity contribution in [2.24, 2.45) is 7.05 Å². The molecule has 3 heterocycles. The Morgan fingerprint density at radius 1 is 1.13 bits per heavy atom. The molecule has 1 N–H and O–H groups in total. The van der Waals surface area contributed by atoms with Crippen LogP contribution in [0.2, 0.25) is 0 Å². The van der Waals surface area contributed by atoms with Gasteiger partial charge in [-0.2, -0.15) is 0 Å². The van der Waals surface area contributed by atoms with Gasteiger partial charge in [0, 0.05) is 12.4 Å². The van der Waals surface area contributed by atoms with Crippen LogP contribution < -0.4 is 4.90 Å². The fourth-order valence-electron chi connectivity index (χ4n) is 3.44. The molecular weight excluding hydrogens is 306 g/mol. The molecule has 23 heavy (non-hydrogen) atoms. The molecule has 2 aromatic heterocycles. The first-order chi connectivity index (χ1) is 11.3. The van der Waals surface area contributed by atoms with Crippen molar-refractivity contribution in [1.29, 1.82) is 0 Å². The zero-order valence-corrected chi connectivity index (χ0v) is 14.3. The van der Waals surface area contributed by atoms with Gasteiger partial charge in [-0.3, -0.25) is 0 Å². The smallest absolute Gasteiger partial charge is 0.211 e. The number of rotatable bonds is 4. The summed E-state index contributed by atoms with van der Waals surface area (Å²) in [4.78, 5) is 6.46. The molecule has 5 nitrogen and oxygen atoms in total. The van der Waals surface area contributed by atoms with E-state index in [0.717, 1.165) is 33.0 Å². The third-order valence-corrected chi connectivity index (χ3v) is 5.57. The lowest BCUT2D eigenvalue weighted by Gasteiger charge is -2.22. The van der Waals surface area contributed by atoms with E-state index >= 15 is 0 Å². The van der Waals surface area contributed by atoms with Gasteiger partial charge >= 0.3 is 0 Å². The summed E-state index contributed by atoms with van der Waals surface area (Å²) in [6, 6.07) is 8.27. The molecule has 120 valence electrons. The maximum atomic E-state index is 4.74. The topological polar surface area (TPSA) is 48.0 Å². The van der Waals surface area contributed by atoms with E-state index in [9.17, 15) is 0 Å². The number of hydrogen-bond acceptors (Lipinski definition) is 4. The molecule has 4 rings (SSSR count). The highest BCUT2D eigenvalue weighted by molar-refractivity contribution is 7.99. The molecule has 0 spiro atoms. The van der Waals surface area contributed by atoms with Crippen molar-refractivity contribution in [3.63, 3.8) is 0 Å². The average molecular weight is 328 g/mol. The number of likely N-dealkylation sites (tertiary alicyclic amines) is 1. The maximum absolute atomic E-state index is 4.74. The van der Waals surface area contributed by atoms with Gasteiger partial charge in [0.2, 0.25) is 5.16 Å². The summed E-state index contributed by atoms with van der Waals surface area (Å²) in [5.41, 5.74) is 2.98. The number of nitrogens with zero attached hydrogens (tertiary/aromatic N) is 4. The highest BCUT2D eigenvalue weighted by Crippen LogP contribution is 2.25. The van der Waals surface area contributed by atoms with E-state index in [-0.39, 0.29) is 0 Å². The lowest BCUT2D eigenvalue weighted by Crippen LogP contribution is -3.13. The molecule has 0 unspecified atom stereocenters. The molecular formula is C17H22N5S+. The quantitative estimate of drug-likeness (QED) is 0.740. The lowest BCUT2D eigenvalue weighted by molar-refractivity contribution is -0.902. The second-order valence-electron chi connectivity index (χ2n) is 6.25. The third-order valence-electron chi connectivity index (χ3n) is 4.73. The Labute approximate surface area is 140 Å². The Balaban J connectivity index is 1.52. The minimum atomic E-state index is 0.791. The SMILES string of the molecule is Cn1c2ccccc2c2nnc(SCC[NH+]3CCCCC3)nc21. The van der Waals surface area contributed by atoms with E-state index in [0.29, 0.717) is 0 Å². The van der Waals surface area contributed by atoms with Gasteiger partial charge < -0.3 is 9.47 Å². The number of thioether (sulfide) groups is 1. The molecule has 1 fully saturated rings. The molecule has 1 aromatic carbocycles. The molecule has 0 saturated carbocycles. The van der Waals surface area contributed by atoms with Gasteiger partial charge in [0.25, 0.3) is 0 Å². The van der Waals surface area contributed by atoms with E-state index < -0.39 is 0 Å². The Morgan fingerprint density at radius 2 is 1.96 bits per heavy atom. The second kappa shape index (κ2) is 6.45. The molecule has 0 aliphatic carbocycles. The largest absolute Gasteiger partial charge is 0.334 e. The van der Waals surface area contributed by atoms with Crippen molar-refractivity contribution in [2.75, 3.05) is 25.4 Å². The molecule has 6 heteroatoms. The van der Waals surface area contributed by atoms with Crippen LogP contribution in [0, 0.1) is 0 Å². The first-order valence-corrected chi connectivity index (χ1v) is 9.36. The van der Waals surface area contributed by atoms with Crippen LogP contribution in [-0.2, 0) is 7.05 Å². The predicted molar refractivity (Wildman–Crippen MR) is 93.9 cm³/mol. The third kappa shape index (κ3) is 2.93. The summed E-state index contributed by atoms with van der Waals surface area (Å²) in [5, 5.41) is 10.7. The van der Waals surface area contributed by atoms with Gasteiger partial charge in [0.1, 0.15) is 5.52 Å². The van der Waals surface area contributed by atoms with E-state index in [1.165, 1.54) is 38.9 Å². The molecule has 0 atom stereocenters. The molecule has 0 amide bonds. The Kier molecular flexibility index (Phi) is 4.18. The summed E-state index contributed by atoms with van der Waals surface area (Å²) in [5.74, 6) is 1.06. The van der Waals surface area contributed by atoms with Crippen LogP contribution >= 0.6 is 11.8 Å². The van der Waals surface area contributed by atoms with Gasteiger partial charge in [-0.25, -0.2) is 4.98 Å². The van der Waals surface area contributed by atoms with Gasteiger partial charge in [-0.05, 0) is 25.3 Å². The normalized spacial score (nSPS) is 16.4.